The summed E-state index contributed by atoms with van der Waals surface area (Å²) in [5, 5.41) is 0. The fraction of sp³-hybridized carbons (Fsp3) is 0. The standard InChI is InChI=1S/C13H10O.2C8H6N2/c14-13(11-7-3-1-4-8-11)12-9-5-2-6-10-12;2*1-3-7-8(9-5-1)4-2-6-10-7/h1-10H;2*1-6H. The van der Waals surface area contributed by atoms with Crippen molar-refractivity contribution in [1.29, 1.82) is 0 Å². The highest BCUT2D eigenvalue weighted by molar-refractivity contribution is 6.08. The molecule has 5 nitrogen and oxygen atoms in total. The molecule has 0 fully saturated rings. The van der Waals surface area contributed by atoms with Crippen LogP contribution in [0, 0.1) is 0 Å². The van der Waals surface area contributed by atoms with E-state index in [1.165, 1.54) is 0 Å². The van der Waals surface area contributed by atoms with E-state index in [-0.39, 0.29) is 5.78 Å². The van der Waals surface area contributed by atoms with Crippen LogP contribution in [0.3, 0.4) is 0 Å². The van der Waals surface area contributed by atoms with Gasteiger partial charge in [-0.05, 0) is 48.5 Å². The summed E-state index contributed by atoms with van der Waals surface area (Å²) in [5.41, 5.74) is 5.27. The van der Waals surface area contributed by atoms with Crippen LogP contribution in [0.5, 0.6) is 0 Å². The largest absolute Gasteiger partial charge is 0.289 e. The van der Waals surface area contributed by atoms with Crippen LogP contribution >= 0.6 is 0 Å². The maximum Gasteiger partial charge on any atom is 0.193 e. The molecular weight excluding hydrogens is 420 g/mol. The van der Waals surface area contributed by atoms with Gasteiger partial charge in [-0.15, -0.1) is 0 Å². The van der Waals surface area contributed by atoms with Gasteiger partial charge in [-0.1, -0.05) is 60.7 Å². The Morgan fingerprint density at radius 2 is 0.676 bits per heavy atom. The fourth-order valence-electron chi connectivity index (χ4n) is 3.15. The molecule has 4 heterocycles. The SMILES string of the molecule is O=C(c1ccccc1)c1ccccc1.c1cnc2cccnc2c1.c1cnc2cccnc2c1. The lowest BCUT2D eigenvalue weighted by Gasteiger charge is -1.99. The molecule has 0 spiro atoms. The topological polar surface area (TPSA) is 68.6 Å². The van der Waals surface area contributed by atoms with Crippen LogP contribution in [0.25, 0.3) is 22.1 Å². The predicted octanol–water partition coefficient (Wildman–Crippen LogP) is 6.18. The van der Waals surface area contributed by atoms with E-state index < -0.39 is 0 Å². The first kappa shape index (κ1) is 22.4. The number of nitrogens with zero attached hydrogens (tertiary/aromatic N) is 4. The van der Waals surface area contributed by atoms with E-state index in [1.807, 2.05) is 109 Å². The number of ketones is 1. The van der Waals surface area contributed by atoms with E-state index in [2.05, 4.69) is 19.9 Å². The van der Waals surface area contributed by atoms with Crippen LogP contribution in [0.2, 0.25) is 0 Å². The van der Waals surface area contributed by atoms with Crippen molar-refractivity contribution in [1.82, 2.24) is 19.9 Å². The van der Waals surface area contributed by atoms with E-state index in [0.29, 0.717) is 0 Å². The summed E-state index contributed by atoms with van der Waals surface area (Å²) in [7, 11) is 0. The summed E-state index contributed by atoms with van der Waals surface area (Å²) in [4.78, 5) is 28.3. The Kier molecular flexibility index (Phi) is 7.74. The van der Waals surface area contributed by atoms with Gasteiger partial charge in [-0.2, -0.15) is 0 Å². The van der Waals surface area contributed by atoms with Crippen molar-refractivity contribution in [2.45, 2.75) is 0 Å². The van der Waals surface area contributed by atoms with Crippen LogP contribution in [0.1, 0.15) is 15.9 Å². The number of carbonyl (C=O) groups is 1. The summed E-state index contributed by atoms with van der Waals surface area (Å²) in [6, 6.07) is 33.9. The van der Waals surface area contributed by atoms with Gasteiger partial charge in [0.15, 0.2) is 5.78 Å². The highest BCUT2D eigenvalue weighted by Crippen LogP contribution is 2.08. The Bertz CT molecular complexity index is 1230. The molecule has 2 aromatic carbocycles. The van der Waals surface area contributed by atoms with E-state index in [4.69, 9.17) is 0 Å². The van der Waals surface area contributed by atoms with Crippen molar-refractivity contribution in [2.24, 2.45) is 0 Å². The Labute approximate surface area is 197 Å². The number of hydrogen-bond donors (Lipinski definition) is 0. The first-order valence-electron chi connectivity index (χ1n) is 10.8. The molecule has 0 bridgehead atoms. The van der Waals surface area contributed by atoms with Gasteiger partial charge in [0.2, 0.25) is 0 Å². The quantitative estimate of drug-likeness (QED) is 0.300. The number of rotatable bonds is 2. The third-order valence-electron chi connectivity index (χ3n) is 4.81. The van der Waals surface area contributed by atoms with Crippen molar-refractivity contribution in [3.63, 3.8) is 0 Å². The molecule has 5 heteroatoms. The average molecular weight is 443 g/mol. The Hall–Kier alpha value is -4.77. The van der Waals surface area contributed by atoms with Crippen molar-refractivity contribution in [2.75, 3.05) is 0 Å². The van der Waals surface area contributed by atoms with Gasteiger partial charge in [0.1, 0.15) is 0 Å². The number of hydrogen-bond acceptors (Lipinski definition) is 5. The molecule has 4 aromatic heterocycles. The van der Waals surface area contributed by atoms with Gasteiger partial charge in [0.05, 0.1) is 22.1 Å². The lowest BCUT2D eigenvalue weighted by molar-refractivity contribution is 0.103. The van der Waals surface area contributed by atoms with E-state index >= 15 is 0 Å². The normalized spacial score (nSPS) is 9.88. The van der Waals surface area contributed by atoms with Gasteiger partial charge >= 0.3 is 0 Å². The summed E-state index contributed by atoms with van der Waals surface area (Å²) >= 11 is 0. The number of aromatic nitrogens is 4. The molecule has 0 saturated heterocycles. The maximum absolute atomic E-state index is 11.8. The third kappa shape index (κ3) is 6.14. The minimum atomic E-state index is 0.0752. The molecule has 0 atom stereocenters. The van der Waals surface area contributed by atoms with E-state index in [1.54, 1.807) is 24.8 Å². The number of pyridine rings is 4. The monoisotopic (exact) mass is 442 g/mol. The van der Waals surface area contributed by atoms with Crippen molar-refractivity contribution < 1.29 is 4.79 Å². The van der Waals surface area contributed by atoms with Crippen molar-refractivity contribution >= 4 is 27.9 Å². The lowest BCUT2D eigenvalue weighted by Crippen LogP contribution is -1.99. The molecule has 164 valence electrons. The molecule has 0 aliphatic heterocycles. The highest BCUT2D eigenvalue weighted by Gasteiger charge is 2.06. The number of carbonyl (C=O) groups excluding carboxylic acids is 1. The second-order valence-corrected chi connectivity index (χ2v) is 7.15. The van der Waals surface area contributed by atoms with Gasteiger partial charge < -0.3 is 0 Å². The fourth-order valence-corrected chi connectivity index (χ4v) is 3.15. The van der Waals surface area contributed by atoms with E-state index in [0.717, 1.165) is 33.2 Å². The molecule has 0 unspecified atom stereocenters. The Balaban J connectivity index is 0.000000123. The average Bonchev–Trinajstić information content (AvgIpc) is 2.94. The zero-order chi connectivity index (χ0) is 23.4. The molecule has 6 aromatic rings. The first-order chi connectivity index (χ1) is 16.8. The van der Waals surface area contributed by atoms with Gasteiger partial charge in [0, 0.05) is 35.9 Å². The highest BCUT2D eigenvalue weighted by atomic mass is 16.1. The predicted molar refractivity (Wildman–Crippen MR) is 135 cm³/mol. The van der Waals surface area contributed by atoms with Crippen LogP contribution < -0.4 is 0 Å². The van der Waals surface area contributed by atoms with Crippen LogP contribution in [0.15, 0.2) is 134 Å². The van der Waals surface area contributed by atoms with Crippen LogP contribution in [-0.2, 0) is 0 Å². The molecule has 34 heavy (non-hydrogen) atoms. The van der Waals surface area contributed by atoms with Gasteiger partial charge in [-0.25, -0.2) is 0 Å². The number of benzene rings is 2. The van der Waals surface area contributed by atoms with Crippen molar-refractivity contribution in [3.8, 4) is 0 Å². The Morgan fingerprint density at radius 1 is 0.382 bits per heavy atom. The molecular formula is C29H22N4O. The van der Waals surface area contributed by atoms with Crippen molar-refractivity contribution in [3.05, 3.63) is 145 Å². The minimum Gasteiger partial charge on any atom is -0.289 e. The van der Waals surface area contributed by atoms with Gasteiger partial charge in [0.25, 0.3) is 0 Å². The van der Waals surface area contributed by atoms with Crippen LogP contribution in [-0.4, -0.2) is 25.7 Å². The zero-order valence-corrected chi connectivity index (χ0v) is 18.4. The molecule has 0 radical (unpaired) electrons. The maximum atomic E-state index is 11.8. The second kappa shape index (κ2) is 11.7. The second-order valence-electron chi connectivity index (χ2n) is 7.15. The van der Waals surface area contributed by atoms with Gasteiger partial charge in [-0.3, -0.25) is 24.7 Å². The molecule has 0 aliphatic rings. The summed E-state index contributed by atoms with van der Waals surface area (Å²) in [5.74, 6) is 0.0752. The molecule has 6 rings (SSSR count). The van der Waals surface area contributed by atoms with Crippen LogP contribution in [0.4, 0.5) is 0 Å². The first-order valence-corrected chi connectivity index (χ1v) is 10.8. The smallest absolute Gasteiger partial charge is 0.193 e. The third-order valence-corrected chi connectivity index (χ3v) is 4.81. The lowest BCUT2D eigenvalue weighted by atomic mass is 10.0. The summed E-state index contributed by atoms with van der Waals surface area (Å²) in [6.07, 6.45) is 7.07. The number of fused-ring (bicyclic) bond motifs is 2. The zero-order valence-electron chi connectivity index (χ0n) is 18.4. The molecule has 0 N–H and O–H groups in total. The minimum absolute atomic E-state index is 0.0752. The molecule has 0 saturated carbocycles. The molecule has 0 amide bonds. The summed E-state index contributed by atoms with van der Waals surface area (Å²) < 4.78 is 0. The molecule has 0 aliphatic carbocycles. The summed E-state index contributed by atoms with van der Waals surface area (Å²) in [6.45, 7) is 0. The van der Waals surface area contributed by atoms with E-state index in [9.17, 15) is 4.79 Å². The Morgan fingerprint density at radius 3 is 0.971 bits per heavy atom.